The first kappa shape index (κ1) is 22.6. The van der Waals surface area contributed by atoms with Crippen molar-refractivity contribution >= 4 is 46.7 Å². The molecule has 2 aromatic carbocycles. The number of hydrogen-bond donors (Lipinski definition) is 1. The van der Waals surface area contributed by atoms with E-state index >= 15 is 0 Å². The molecular weight excluding hydrogens is 470 g/mol. The summed E-state index contributed by atoms with van der Waals surface area (Å²) in [5.74, 6) is 1.77. The Labute approximate surface area is 198 Å². The number of nitrogens with zero attached hydrogens (tertiary/aromatic N) is 2. The van der Waals surface area contributed by atoms with Crippen molar-refractivity contribution in [1.82, 2.24) is 9.55 Å². The number of benzene rings is 2. The Morgan fingerprint density at radius 2 is 2.00 bits per heavy atom. The summed E-state index contributed by atoms with van der Waals surface area (Å²) in [6.07, 6.45) is 0.736. The van der Waals surface area contributed by atoms with Crippen LogP contribution >= 0.6 is 35.1 Å². The molecular formula is C22H20ClN3O4S2. The van der Waals surface area contributed by atoms with Crippen LogP contribution in [0.25, 0.3) is 5.69 Å². The Morgan fingerprint density at radius 3 is 2.72 bits per heavy atom. The average Bonchev–Trinajstić information content (AvgIpc) is 3.28. The van der Waals surface area contributed by atoms with E-state index in [1.54, 1.807) is 54.1 Å². The fourth-order valence-corrected chi connectivity index (χ4v) is 5.20. The number of amides is 1. The highest BCUT2D eigenvalue weighted by atomic mass is 35.5. The van der Waals surface area contributed by atoms with Crippen LogP contribution in [0.3, 0.4) is 0 Å². The molecule has 1 aliphatic heterocycles. The minimum atomic E-state index is -0.245. The summed E-state index contributed by atoms with van der Waals surface area (Å²) < 4.78 is 12.1. The molecule has 1 aromatic heterocycles. The van der Waals surface area contributed by atoms with Crippen molar-refractivity contribution in [3.05, 3.63) is 63.5 Å². The van der Waals surface area contributed by atoms with Crippen LogP contribution in [0, 0.1) is 0 Å². The molecule has 10 heteroatoms. The van der Waals surface area contributed by atoms with Gasteiger partial charge in [-0.3, -0.25) is 14.2 Å². The fraction of sp³-hybridized carbons (Fsp3) is 0.227. The summed E-state index contributed by atoms with van der Waals surface area (Å²) in [5.41, 5.74) is 1.85. The number of fused-ring (bicyclic) bond motifs is 1. The van der Waals surface area contributed by atoms with Crippen molar-refractivity contribution in [2.45, 2.75) is 16.5 Å². The first-order valence-electron chi connectivity index (χ1n) is 9.69. The molecule has 2 heterocycles. The summed E-state index contributed by atoms with van der Waals surface area (Å²) in [7, 11) is 3.09. The van der Waals surface area contributed by atoms with E-state index in [2.05, 4.69) is 5.32 Å². The molecule has 1 N–H and O–H groups in total. The predicted octanol–water partition coefficient (Wildman–Crippen LogP) is 4.28. The van der Waals surface area contributed by atoms with E-state index in [0.717, 1.165) is 17.9 Å². The van der Waals surface area contributed by atoms with Crippen molar-refractivity contribution in [3.8, 4) is 17.2 Å². The van der Waals surface area contributed by atoms with Gasteiger partial charge in [0.15, 0.2) is 5.16 Å². The molecule has 0 unspecified atom stereocenters. The number of carbonyl (C=O) groups excluding carboxylic acids is 1. The van der Waals surface area contributed by atoms with Gasteiger partial charge in [0.2, 0.25) is 5.91 Å². The second-order valence-corrected chi connectivity index (χ2v) is 9.27. The van der Waals surface area contributed by atoms with Gasteiger partial charge in [-0.1, -0.05) is 23.4 Å². The van der Waals surface area contributed by atoms with E-state index < -0.39 is 0 Å². The van der Waals surface area contributed by atoms with Crippen LogP contribution in [-0.2, 0) is 11.2 Å². The van der Waals surface area contributed by atoms with Crippen molar-refractivity contribution in [3.63, 3.8) is 0 Å². The Kier molecular flexibility index (Phi) is 6.98. The minimum Gasteiger partial charge on any atom is -0.497 e. The fourth-order valence-electron chi connectivity index (χ4n) is 3.23. The van der Waals surface area contributed by atoms with Gasteiger partial charge in [0, 0.05) is 23.3 Å². The lowest BCUT2D eigenvalue weighted by atomic mass is 10.2. The number of aromatic nitrogens is 2. The molecule has 0 spiro atoms. The van der Waals surface area contributed by atoms with E-state index in [1.807, 2.05) is 0 Å². The van der Waals surface area contributed by atoms with E-state index in [9.17, 15) is 9.59 Å². The third-order valence-corrected chi connectivity index (χ3v) is 7.06. The molecule has 0 saturated heterocycles. The first-order valence-corrected chi connectivity index (χ1v) is 12.0. The number of anilines is 1. The highest BCUT2D eigenvalue weighted by Gasteiger charge is 2.23. The zero-order valence-corrected chi connectivity index (χ0v) is 19.8. The van der Waals surface area contributed by atoms with Gasteiger partial charge in [-0.2, -0.15) is 0 Å². The number of aryl methyl sites for hydroxylation is 1. The predicted molar refractivity (Wildman–Crippen MR) is 128 cm³/mol. The lowest BCUT2D eigenvalue weighted by molar-refractivity contribution is -0.113. The molecule has 166 valence electrons. The smallest absolute Gasteiger partial charge is 0.272 e. The van der Waals surface area contributed by atoms with Gasteiger partial charge in [0.25, 0.3) is 5.56 Å². The van der Waals surface area contributed by atoms with Crippen LogP contribution in [0.1, 0.15) is 5.69 Å². The molecule has 0 saturated carbocycles. The van der Waals surface area contributed by atoms with Crippen LogP contribution in [0.15, 0.2) is 57.3 Å². The third-order valence-electron chi connectivity index (χ3n) is 4.77. The van der Waals surface area contributed by atoms with Gasteiger partial charge in [0.1, 0.15) is 11.5 Å². The van der Waals surface area contributed by atoms with Crippen LogP contribution in [0.4, 0.5) is 5.69 Å². The Balaban J connectivity index is 1.58. The maximum Gasteiger partial charge on any atom is 0.272 e. The number of halogens is 1. The van der Waals surface area contributed by atoms with Gasteiger partial charge < -0.3 is 14.8 Å². The molecule has 1 aliphatic rings. The summed E-state index contributed by atoms with van der Waals surface area (Å²) in [6.45, 7) is 0. The van der Waals surface area contributed by atoms with Gasteiger partial charge in [-0.05, 0) is 36.4 Å². The number of rotatable bonds is 7. The van der Waals surface area contributed by atoms with Crippen LogP contribution in [-0.4, -0.2) is 41.2 Å². The van der Waals surface area contributed by atoms with Crippen molar-refractivity contribution < 1.29 is 14.3 Å². The average molecular weight is 490 g/mol. The maximum atomic E-state index is 13.2. The van der Waals surface area contributed by atoms with Crippen LogP contribution < -0.4 is 20.3 Å². The molecule has 0 bridgehead atoms. The Bertz CT molecular complexity index is 1220. The number of methoxy groups -OCH3 is 2. The van der Waals surface area contributed by atoms with E-state index in [1.165, 1.54) is 30.6 Å². The highest BCUT2D eigenvalue weighted by molar-refractivity contribution is 8.00. The number of nitrogens with one attached hydrogen (secondary N) is 1. The SMILES string of the molecule is COc1ccc(NC(=O)CSc2nc3c(c(=O)n2-c2ccc(Cl)cc2)SCC3)c(OC)c1. The highest BCUT2D eigenvalue weighted by Crippen LogP contribution is 2.31. The van der Waals surface area contributed by atoms with Gasteiger partial charge in [-0.25, -0.2) is 4.98 Å². The van der Waals surface area contributed by atoms with Crippen molar-refractivity contribution in [1.29, 1.82) is 0 Å². The molecule has 0 fully saturated rings. The molecule has 0 radical (unpaired) electrons. The molecule has 0 atom stereocenters. The lowest BCUT2D eigenvalue weighted by Crippen LogP contribution is -2.24. The number of thioether (sulfide) groups is 2. The monoisotopic (exact) mass is 489 g/mol. The largest absolute Gasteiger partial charge is 0.497 e. The standard InChI is InChI=1S/C22H20ClN3O4S2/c1-29-15-7-8-16(18(11-15)30-2)24-19(27)12-32-22-25-17-9-10-31-20(17)21(28)26(22)14-5-3-13(23)4-6-14/h3-8,11H,9-10,12H2,1-2H3,(H,24,27). The third kappa shape index (κ3) is 4.74. The van der Waals surface area contributed by atoms with Crippen LogP contribution in [0.2, 0.25) is 5.02 Å². The topological polar surface area (TPSA) is 82.5 Å². The molecule has 1 amide bonds. The second-order valence-electron chi connectivity index (χ2n) is 6.79. The zero-order chi connectivity index (χ0) is 22.7. The molecule has 4 rings (SSSR count). The summed E-state index contributed by atoms with van der Waals surface area (Å²) in [6, 6.07) is 12.1. The quantitative estimate of drug-likeness (QED) is 0.391. The van der Waals surface area contributed by atoms with Gasteiger partial charge in [-0.15, -0.1) is 11.8 Å². The number of hydrogen-bond acceptors (Lipinski definition) is 7. The maximum absolute atomic E-state index is 13.2. The minimum absolute atomic E-state index is 0.0706. The number of carbonyl (C=O) groups is 1. The molecule has 3 aromatic rings. The van der Waals surface area contributed by atoms with E-state index in [0.29, 0.717) is 37.9 Å². The van der Waals surface area contributed by atoms with Gasteiger partial charge >= 0.3 is 0 Å². The van der Waals surface area contributed by atoms with Crippen molar-refractivity contribution in [2.75, 3.05) is 31.0 Å². The Morgan fingerprint density at radius 1 is 1.22 bits per heavy atom. The van der Waals surface area contributed by atoms with Crippen LogP contribution in [0.5, 0.6) is 11.5 Å². The summed E-state index contributed by atoms with van der Waals surface area (Å²) in [4.78, 5) is 31.2. The molecule has 7 nitrogen and oxygen atoms in total. The zero-order valence-electron chi connectivity index (χ0n) is 17.4. The molecule has 32 heavy (non-hydrogen) atoms. The Hall–Kier alpha value is -2.62. The van der Waals surface area contributed by atoms with E-state index in [4.69, 9.17) is 26.1 Å². The molecule has 0 aliphatic carbocycles. The second kappa shape index (κ2) is 9.89. The summed E-state index contributed by atoms with van der Waals surface area (Å²) in [5, 5.41) is 3.88. The number of ether oxygens (including phenoxy) is 2. The lowest BCUT2D eigenvalue weighted by Gasteiger charge is -2.14. The normalized spacial score (nSPS) is 12.3. The van der Waals surface area contributed by atoms with Gasteiger partial charge in [0.05, 0.1) is 41.9 Å². The van der Waals surface area contributed by atoms with Crippen molar-refractivity contribution in [2.24, 2.45) is 0 Å². The van der Waals surface area contributed by atoms with E-state index in [-0.39, 0.29) is 17.2 Å². The summed E-state index contributed by atoms with van der Waals surface area (Å²) >= 11 is 8.73. The first-order chi connectivity index (χ1) is 15.5.